The van der Waals surface area contributed by atoms with Crippen LogP contribution in [-0.4, -0.2) is 79.7 Å². The fraction of sp³-hybridized carbons (Fsp3) is 0.400. The van der Waals surface area contributed by atoms with Crippen molar-refractivity contribution in [3.63, 3.8) is 0 Å². The van der Waals surface area contributed by atoms with Gasteiger partial charge in [0.25, 0.3) is 0 Å². The number of hydrogen-bond donors (Lipinski definition) is 3. The second kappa shape index (κ2) is 15.4. The number of carbonyl (C=O) groups excluding carboxylic acids is 2. The van der Waals surface area contributed by atoms with Crippen molar-refractivity contribution in [3.05, 3.63) is 47.3 Å². The number of ether oxygens (including phenoxy) is 1. The summed E-state index contributed by atoms with van der Waals surface area (Å²) in [7, 11) is 4.51. The third kappa shape index (κ3) is 6.99. The molecule has 0 aliphatic heterocycles. The molecule has 0 bridgehead atoms. The molecule has 0 spiro atoms. The minimum atomic E-state index is -0.696. The molecule has 20 nitrogen and oxygen atoms in total. The molecule has 0 aliphatic rings. The zero-order valence-corrected chi connectivity index (χ0v) is 28.3. The SMILES string of the molecule is CCCCc1nn(-c2cc(-n3nc(CCCC)c(N=Nc4c(C(=O)OC)cnn4C)c3N)ncn2)c(N)c1N=Nc1c(C(=O)CO)cnn1C. The van der Waals surface area contributed by atoms with Crippen molar-refractivity contribution in [3.8, 4) is 11.6 Å². The highest BCUT2D eigenvalue weighted by Gasteiger charge is 2.23. The first kappa shape index (κ1) is 35.1. The van der Waals surface area contributed by atoms with Gasteiger partial charge in [0, 0.05) is 20.2 Å². The number of unbranched alkanes of at least 4 members (excludes halogenated alkanes) is 2. The Hall–Kier alpha value is -6.18. The Morgan fingerprint density at radius 2 is 1.28 bits per heavy atom. The molecule has 0 saturated carbocycles. The zero-order valence-electron chi connectivity index (χ0n) is 28.3. The number of aromatic nitrogens is 10. The van der Waals surface area contributed by atoms with Gasteiger partial charge in [0.1, 0.15) is 18.5 Å². The average Bonchev–Trinajstić information content (AvgIpc) is 3.86. The Morgan fingerprint density at radius 1 is 0.800 bits per heavy atom. The van der Waals surface area contributed by atoms with Crippen molar-refractivity contribution in [2.75, 3.05) is 25.2 Å². The maximum atomic E-state index is 12.2. The molecule has 50 heavy (non-hydrogen) atoms. The predicted molar refractivity (Wildman–Crippen MR) is 180 cm³/mol. The molecule has 5 aromatic heterocycles. The van der Waals surface area contributed by atoms with Gasteiger partial charge in [-0.3, -0.25) is 4.79 Å². The van der Waals surface area contributed by atoms with E-state index in [0.717, 1.165) is 25.7 Å². The molecule has 20 heteroatoms. The summed E-state index contributed by atoms with van der Waals surface area (Å²) in [6.07, 6.45) is 8.49. The number of hydrogen-bond acceptors (Lipinski definition) is 16. The average molecular weight is 687 g/mol. The molecule has 5 N–H and O–H groups in total. The molecule has 0 aromatic carbocycles. The molecule has 5 heterocycles. The van der Waals surface area contributed by atoms with Gasteiger partial charge in [0.2, 0.25) is 0 Å². The topological polar surface area (TPSA) is 262 Å². The Kier molecular flexibility index (Phi) is 10.8. The van der Waals surface area contributed by atoms with E-state index in [-0.39, 0.29) is 34.4 Å². The summed E-state index contributed by atoms with van der Waals surface area (Å²) >= 11 is 0. The third-order valence-electron chi connectivity index (χ3n) is 7.69. The standard InChI is InChI=1S/C30H38N16O4/c1-6-8-10-19-24(37-39-28-17(21(48)15-47)13-35-43(28)3)26(31)45(41-19)22-12-23(34-16-33-22)46-27(32)25(20(42-46)11-9-7-2)38-40-29-18(30(49)50-5)14-36-44(29)4/h12-14,16,47H,6-11,15,31-32H2,1-5H3. The number of Topliss-reactive ketones (excluding diaryl/α,β-unsaturated/α-hetero) is 1. The number of anilines is 2. The van der Waals surface area contributed by atoms with Gasteiger partial charge in [-0.15, -0.1) is 20.5 Å². The number of esters is 1. The van der Waals surface area contributed by atoms with Gasteiger partial charge in [-0.2, -0.15) is 29.8 Å². The quantitative estimate of drug-likeness (QED) is 0.0803. The smallest absolute Gasteiger partial charge is 0.343 e. The number of aliphatic hydroxyl groups excluding tert-OH is 1. The third-order valence-corrected chi connectivity index (χ3v) is 7.69. The summed E-state index contributed by atoms with van der Waals surface area (Å²) in [5, 5.41) is 44.3. The van der Waals surface area contributed by atoms with E-state index in [1.165, 1.54) is 44.6 Å². The molecule has 0 amide bonds. The second-order valence-electron chi connectivity index (χ2n) is 11.1. The number of azo groups is 2. The van der Waals surface area contributed by atoms with Crippen molar-refractivity contribution in [2.24, 2.45) is 34.6 Å². The summed E-state index contributed by atoms with van der Waals surface area (Å²) in [4.78, 5) is 33.3. The molecule has 5 rings (SSSR count). The van der Waals surface area contributed by atoms with Gasteiger partial charge in [-0.05, 0) is 25.7 Å². The van der Waals surface area contributed by atoms with E-state index in [4.69, 9.17) is 26.4 Å². The molecular weight excluding hydrogens is 648 g/mol. The van der Waals surface area contributed by atoms with Crippen LogP contribution >= 0.6 is 0 Å². The molecule has 262 valence electrons. The Labute approximate surface area is 285 Å². The molecule has 5 aromatic rings. The van der Waals surface area contributed by atoms with Crippen molar-refractivity contribution >= 4 is 46.4 Å². The van der Waals surface area contributed by atoms with Crippen molar-refractivity contribution < 1.29 is 19.4 Å². The number of methoxy groups -OCH3 is 1. The lowest BCUT2D eigenvalue weighted by molar-refractivity contribution is 0.0601. The van der Waals surface area contributed by atoms with Crippen LogP contribution in [0.1, 0.15) is 71.6 Å². The molecule has 0 saturated heterocycles. The Bertz CT molecular complexity index is 1930. The Balaban J connectivity index is 1.55. The van der Waals surface area contributed by atoms with Crippen LogP contribution in [0, 0.1) is 0 Å². The highest BCUT2D eigenvalue weighted by atomic mass is 16.5. The summed E-state index contributed by atoms with van der Waals surface area (Å²) < 4.78 is 10.5. The van der Waals surface area contributed by atoms with Crippen LogP contribution in [0.5, 0.6) is 0 Å². The van der Waals surface area contributed by atoms with Gasteiger partial charge in [-0.1, -0.05) is 26.7 Å². The van der Waals surface area contributed by atoms with E-state index in [1.807, 2.05) is 6.92 Å². The van der Waals surface area contributed by atoms with Crippen molar-refractivity contribution in [1.29, 1.82) is 0 Å². The van der Waals surface area contributed by atoms with E-state index < -0.39 is 18.4 Å². The monoisotopic (exact) mass is 686 g/mol. The lowest BCUT2D eigenvalue weighted by atomic mass is 10.2. The lowest BCUT2D eigenvalue weighted by Crippen LogP contribution is -2.09. The number of carbonyl (C=O) groups is 2. The first-order valence-electron chi connectivity index (χ1n) is 15.8. The molecule has 0 aliphatic carbocycles. The molecule has 0 fully saturated rings. The van der Waals surface area contributed by atoms with Gasteiger partial charge < -0.3 is 21.3 Å². The second-order valence-corrected chi connectivity index (χ2v) is 11.1. The number of ketones is 1. The maximum absolute atomic E-state index is 12.2. The maximum Gasteiger partial charge on any atom is 0.343 e. The first-order chi connectivity index (χ1) is 24.1. The van der Waals surface area contributed by atoms with Crippen molar-refractivity contribution in [1.82, 2.24) is 49.1 Å². The highest BCUT2D eigenvalue weighted by molar-refractivity contribution is 6.00. The first-order valence-corrected chi connectivity index (χ1v) is 15.8. The van der Waals surface area contributed by atoms with E-state index in [9.17, 15) is 14.7 Å². The highest BCUT2D eigenvalue weighted by Crippen LogP contribution is 2.35. The van der Waals surface area contributed by atoms with E-state index in [1.54, 1.807) is 20.2 Å². The molecule has 0 radical (unpaired) electrons. The zero-order chi connectivity index (χ0) is 35.9. The van der Waals surface area contributed by atoms with Gasteiger partial charge in [-0.25, -0.2) is 24.1 Å². The molecule has 0 atom stereocenters. The minimum Gasteiger partial charge on any atom is -0.465 e. The number of aliphatic hydroxyl groups is 1. The van der Waals surface area contributed by atoms with Gasteiger partial charge >= 0.3 is 5.97 Å². The van der Waals surface area contributed by atoms with Crippen LogP contribution < -0.4 is 11.5 Å². The van der Waals surface area contributed by atoms with Gasteiger partial charge in [0.05, 0.1) is 36.5 Å². The fourth-order valence-electron chi connectivity index (χ4n) is 4.93. The normalized spacial score (nSPS) is 11.7. The summed E-state index contributed by atoms with van der Waals surface area (Å²) in [6.45, 7) is 3.41. The lowest BCUT2D eigenvalue weighted by Gasteiger charge is -2.06. The number of nitrogens with zero attached hydrogens (tertiary/aromatic N) is 14. The molecule has 0 unspecified atom stereocenters. The summed E-state index contributed by atoms with van der Waals surface area (Å²) in [6, 6.07) is 1.61. The summed E-state index contributed by atoms with van der Waals surface area (Å²) in [5.74, 6) is 0.108. The van der Waals surface area contributed by atoms with Crippen LogP contribution in [0.2, 0.25) is 0 Å². The van der Waals surface area contributed by atoms with Crippen LogP contribution in [0.15, 0.2) is 45.2 Å². The summed E-state index contributed by atoms with van der Waals surface area (Å²) in [5.41, 5.74) is 15.2. The Morgan fingerprint density at radius 3 is 1.74 bits per heavy atom. The van der Waals surface area contributed by atoms with E-state index >= 15 is 0 Å². The van der Waals surface area contributed by atoms with Crippen LogP contribution in [0.4, 0.5) is 34.6 Å². The van der Waals surface area contributed by atoms with Crippen LogP contribution in [-0.2, 0) is 31.7 Å². The number of nitrogens with two attached hydrogens (primary N) is 2. The minimum absolute atomic E-state index is 0.124. The number of aryl methyl sites for hydroxylation is 4. The van der Waals surface area contributed by atoms with Crippen LogP contribution in [0.25, 0.3) is 11.6 Å². The van der Waals surface area contributed by atoms with Crippen molar-refractivity contribution in [2.45, 2.75) is 52.4 Å². The van der Waals surface area contributed by atoms with Crippen LogP contribution in [0.3, 0.4) is 0 Å². The van der Waals surface area contributed by atoms with E-state index in [2.05, 4.69) is 47.5 Å². The molecular formula is C30H38N16O4. The fourth-order valence-corrected chi connectivity index (χ4v) is 4.93. The number of nitrogen functional groups attached to an aromatic ring is 2. The number of rotatable bonds is 15. The largest absolute Gasteiger partial charge is 0.465 e. The predicted octanol–water partition coefficient (Wildman–Crippen LogP) is 3.96. The van der Waals surface area contributed by atoms with E-state index in [0.29, 0.717) is 47.2 Å². The van der Waals surface area contributed by atoms with Gasteiger partial charge in [0.15, 0.2) is 52.1 Å².